The third kappa shape index (κ3) is 8.86. The van der Waals surface area contributed by atoms with Crippen LogP contribution in [-0.2, 0) is 0 Å². The van der Waals surface area contributed by atoms with Gasteiger partial charge >= 0.3 is 0 Å². The highest BCUT2D eigenvalue weighted by molar-refractivity contribution is 6.15. The second kappa shape index (κ2) is 20.2. The van der Waals surface area contributed by atoms with Gasteiger partial charge in [-0.3, -0.25) is 4.79 Å². The van der Waals surface area contributed by atoms with Crippen molar-refractivity contribution >= 4 is 62.0 Å². The summed E-state index contributed by atoms with van der Waals surface area (Å²) in [5.41, 5.74) is 18.2. The van der Waals surface area contributed by atoms with Crippen LogP contribution in [0.25, 0.3) is 77.2 Å². The number of carbonyl (C=O) groups excluding carboxylic acids is 1. The molecule has 0 aliphatic heterocycles. The maximum absolute atomic E-state index is 12.3. The van der Waals surface area contributed by atoms with Crippen LogP contribution in [0.3, 0.4) is 0 Å². The zero-order valence-corrected chi connectivity index (χ0v) is 40.8. The van der Waals surface area contributed by atoms with Gasteiger partial charge in [0.25, 0.3) is 0 Å². The number of benzene rings is 12. The number of rotatable bonds is 13. The van der Waals surface area contributed by atoms with E-state index in [1.54, 1.807) is 7.11 Å². The Labute approximate surface area is 432 Å². The van der Waals surface area contributed by atoms with Crippen LogP contribution in [0.5, 0.6) is 5.75 Å². The Morgan fingerprint density at radius 2 is 0.649 bits per heavy atom. The third-order valence-electron chi connectivity index (χ3n) is 14.0. The number of nitrogens with zero attached hydrogens (tertiary/aromatic N) is 2. The van der Waals surface area contributed by atoms with Crippen LogP contribution in [0, 0.1) is 0 Å². The van der Waals surface area contributed by atoms with Gasteiger partial charge in [-0.15, -0.1) is 0 Å². The van der Waals surface area contributed by atoms with E-state index in [0.29, 0.717) is 5.56 Å². The summed E-state index contributed by atoms with van der Waals surface area (Å²) in [4.78, 5) is 16.9. The highest BCUT2D eigenvalue weighted by Crippen LogP contribution is 2.48. The normalized spacial score (nSPS) is 11.1. The maximum Gasteiger partial charge on any atom is 0.150 e. The first-order valence-corrected chi connectivity index (χ1v) is 25.0. The van der Waals surface area contributed by atoms with Crippen molar-refractivity contribution in [2.24, 2.45) is 0 Å². The van der Waals surface area contributed by atoms with Crippen LogP contribution < -0.4 is 14.5 Å². The molecule has 0 spiro atoms. The predicted molar refractivity (Wildman–Crippen MR) is 310 cm³/mol. The van der Waals surface area contributed by atoms with Crippen molar-refractivity contribution < 1.29 is 9.53 Å². The van der Waals surface area contributed by atoms with Crippen LogP contribution in [0.2, 0.25) is 0 Å². The van der Waals surface area contributed by atoms with E-state index in [1.807, 2.05) is 30.3 Å². The Bertz CT molecular complexity index is 3900. The summed E-state index contributed by atoms with van der Waals surface area (Å²) in [6, 6.07) is 98.7. The average molecular weight is 951 g/mol. The van der Waals surface area contributed by atoms with Gasteiger partial charge in [0.1, 0.15) is 12.0 Å². The molecule has 0 N–H and O–H groups in total. The highest BCUT2D eigenvalue weighted by Gasteiger charge is 2.22. The fourth-order valence-corrected chi connectivity index (χ4v) is 10.4. The third-order valence-corrected chi connectivity index (χ3v) is 14.0. The number of fused-ring (bicyclic) bond motifs is 2. The van der Waals surface area contributed by atoms with Crippen molar-refractivity contribution in [3.8, 4) is 61.4 Å². The minimum atomic E-state index is 0.634. The molecule has 0 heterocycles. The molecule has 0 unspecified atom stereocenters. The monoisotopic (exact) mass is 950 g/mol. The molecule has 0 atom stereocenters. The fourth-order valence-electron chi connectivity index (χ4n) is 10.4. The fraction of sp³-hybridized carbons (Fsp3) is 0.0143. The number of aldehydes is 1. The molecule has 0 aliphatic carbocycles. The first kappa shape index (κ1) is 45.4. The largest absolute Gasteiger partial charge is 0.497 e. The summed E-state index contributed by atoms with van der Waals surface area (Å²) in [6.07, 6.45) is 0.924. The van der Waals surface area contributed by atoms with E-state index in [9.17, 15) is 4.79 Å². The molecule has 352 valence electrons. The number of para-hydroxylation sites is 2. The number of ether oxygens (including phenoxy) is 1. The summed E-state index contributed by atoms with van der Waals surface area (Å²) < 4.78 is 5.79. The number of methoxy groups -OCH3 is 1. The van der Waals surface area contributed by atoms with Gasteiger partial charge in [-0.05, 0) is 168 Å². The topological polar surface area (TPSA) is 32.8 Å². The Morgan fingerprint density at radius 3 is 1.04 bits per heavy atom. The molecule has 12 aromatic carbocycles. The van der Waals surface area contributed by atoms with Crippen molar-refractivity contribution in [1.29, 1.82) is 0 Å². The molecule has 74 heavy (non-hydrogen) atoms. The summed E-state index contributed by atoms with van der Waals surface area (Å²) >= 11 is 0. The smallest absolute Gasteiger partial charge is 0.150 e. The molecule has 12 aromatic rings. The first-order valence-electron chi connectivity index (χ1n) is 25.0. The second-order valence-corrected chi connectivity index (χ2v) is 18.4. The zero-order valence-electron chi connectivity index (χ0n) is 40.8. The average Bonchev–Trinajstić information content (AvgIpc) is 3.48. The van der Waals surface area contributed by atoms with Crippen LogP contribution in [0.15, 0.2) is 279 Å². The lowest BCUT2D eigenvalue weighted by Crippen LogP contribution is -2.09. The van der Waals surface area contributed by atoms with Crippen molar-refractivity contribution in [3.63, 3.8) is 0 Å². The lowest BCUT2D eigenvalue weighted by atomic mass is 9.83. The Kier molecular flexibility index (Phi) is 12.4. The Hall–Kier alpha value is -9.77. The van der Waals surface area contributed by atoms with E-state index >= 15 is 0 Å². The summed E-state index contributed by atoms with van der Waals surface area (Å²) in [7, 11) is 1.71. The molecular formula is C70H50N2O2. The van der Waals surface area contributed by atoms with Crippen LogP contribution in [-0.4, -0.2) is 13.4 Å². The van der Waals surface area contributed by atoms with Crippen molar-refractivity contribution in [2.75, 3.05) is 16.9 Å². The second-order valence-electron chi connectivity index (χ2n) is 18.4. The molecular weight excluding hydrogens is 901 g/mol. The molecule has 4 heteroatoms. The summed E-state index contributed by atoms with van der Waals surface area (Å²) in [5.74, 6) is 0.792. The van der Waals surface area contributed by atoms with Gasteiger partial charge in [0.05, 0.1) is 7.11 Å². The van der Waals surface area contributed by atoms with Crippen molar-refractivity contribution in [3.05, 3.63) is 285 Å². The van der Waals surface area contributed by atoms with E-state index < -0.39 is 0 Å². The van der Waals surface area contributed by atoms with Gasteiger partial charge in [0, 0.05) is 39.7 Å². The minimum Gasteiger partial charge on any atom is -0.497 e. The molecule has 4 nitrogen and oxygen atoms in total. The zero-order chi connectivity index (χ0) is 49.8. The molecule has 0 aliphatic rings. The van der Waals surface area contributed by atoms with Crippen LogP contribution >= 0.6 is 0 Å². The van der Waals surface area contributed by atoms with Gasteiger partial charge in [0.15, 0.2) is 0 Å². The quantitative estimate of drug-likeness (QED) is 0.108. The molecule has 0 amide bonds. The molecule has 12 rings (SSSR count). The lowest BCUT2D eigenvalue weighted by molar-refractivity contribution is 0.112. The molecule has 0 saturated carbocycles. The molecule has 0 saturated heterocycles. The lowest BCUT2D eigenvalue weighted by Gasteiger charge is -2.26. The van der Waals surface area contributed by atoms with E-state index in [1.165, 1.54) is 22.3 Å². The minimum absolute atomic E-state index is 0.634. The van der Waals surface area contributed by atoms with Gasteiger partial charge < -0.3 is 14.5 Å². The van der Waals surface area contributed by atoms with Crippen LogP contribution in [0.1, 0.15) is 10.4 Å². The SMILES string of the molecule is COc1ccc2c(-c3c(-c4ccc(N(c5ccccc5)c5ccc(-c6ccccc6)cc5)cc4)ccc4cc(C=O)ccc34)c(-c3ccc(N(c4ccccc4)c4ccc(-c5ccccc5)cc4)cc3)ccc2c1. The molecule has 0 aromatic heterocycles. The number of anilines is 6. The number of hydrogen-bond acceptors (Lipinski definition) is 4. The molecule has 0 radical (unpaired) electrons. The van der Waals surface area contributed by atoms with Crippen molar-refractivity contribution in [1.82, 2.24) is 0 Å². The Morgan fingerprint density at radius 1 is 0.311 bits per heavy atom. The van der Waals surface area contributed by atoms with E-state index in [0.717, 1.165) is 101 Å². The first-order chi connectivity index (χ1) is 36.6. The maximum atomic E-state index is 12.3. The highest BCUT2D eigenvalue weighted by atomic mass is 16.5. The Balaban J connectivity index is 0.995. The number of hydrogen-bond donors (Lipinski definition) is 0. The van der Waals surface area contributed by atoms with Crippen LogP contribution in [0.4, 0.5) is 34.1 Å². The van der Waals surface area contributed by atoms with Crippen molar-refractivity contribution in [2.45, 2.75) is 0 Å². The predicted octanol–water partition coefficient (Wildman–Crippen LogP) is 19.1. The standard InChI is InChI=1S/C70H50N2O2/c1-74-64-41-45-68-57(47-64)32-44-66(55-29-39-63(40-30-55)72(59-20-12-5-13-21-59)61-35-25-53(26-36-61)51-16-8-3-9-17-51)70(68)69-65(43-31-56-46-49(48-73)22-42-67(56)69)54-27-37-62(38-28-54)71(58-18-10-4-11-19-58)60-33-23-52(24-34-60)50-14-6-2-7-15-50/h2-48H,1H3. The number of carbonyl (C=O) groups is 1. The summed E-state index contributed by atoms with van der Waals surface area (Å²) in [5, 5.41) is 4.20. The molecule has 0 fully saturated rings. The van der Waals surface area contributed by atoms with E-state index in [-0.39, 0.29) is 0 Å². The van der Waals surface area contributed by atoms with Gasteiger partial charge in [-0.2, -0.15) is 0 Å². The van der Waals surface area contributed by atoms with Gasteiger partial charge in [0.2, 0.25) is 0 Å². The van der Waals surface area contributed by atoms with Gasteiger partial charge in [-0.1, -0.05) is 188 Å². The summed E-state index contributed by atoms with van der Waals surface area (Å²) in [6.45, 7) is 0. The van der Waals surface area contributed by atoms with Gasteiger partial charge in [-0.25, -0.2) is 0 Å². The molecule has 0 bridgehead atoms. The van der Waals surface area contributed by atoms with E-state index in [4.69, 9.17) is 4.74 Å². The van der Waals surface area contributed by atoms with E-state index in [2.05, 4.69) is 259 Å².